The third kappa shape index (κ3) is 2.93. The first-order valence-corrected chi connectivity index (χ1v) is 9.27. The number of hydrogen-bond acceptors (Lipinski definition) is 2. The van der Waals surface area contributed by atoms with Gasteiger partial charge < -0.3 is 10.3 Å². The first kappa shape index (κ1) is 16.3. The van der Waals surface area contributed by atoms with Gasteiger partial charge in [-0.2, -0.15) is 0 Å². The second kappa shape index (κ2) is 6.71. The van der Waals surface area contributed by atoms with Crippen molar-refractivity contribution in [2.24, 2.45) is 0 Å². The Labute approximate surface area is 163 Å². The van der Waals surface area contributed by atoms with Crippen molar-refractivity contribution in [3.63, 3.8) is 0 Å². The molecule has 2 aromatic heterocycles. The molecule has 0 aliphatic rings. The molecular weight excluding hydrogens is 342 g/mol. The molecular formula is C25H19N3. The summed E-state index contributed by atoms with van der Waals surface area (Å²) in [6, 6.07) is 30.9. The van der Waals surface area contributed by atoms with Crippen LogP contribution in [0.15, 0.2) is 97.6 Å². The molecule has 28 heavy (non-hydrogen) atoms. The Morgan fingerprint density at radius 1 is 0.750 bits per heavy atom. The number of para-hydroxylation sites is 1. The minimum absolute atomic E-state index is 0.819. The summed E-state index contributed by atoms with van der Waals surface area (Å²) in [6.45, 7) is 4.29. The number of hydrogen-bond donors (Lipinski definition) is 2. The smallest absolute Gasteiger partial charge is 0.140 e. The van der Waals surface area contributed by atoms with E-state index in [1.807, 2.05) is 54.6 Å². The molecule has 3 nitrogen and oxygen atoms in total. The van der Waals surface area contributed by atoms with E-state index in [-0.39, 0.29) is 0 Å². The second-order valence-corrected chi connectivity index (χ2v) is 6.81. The molecule has 0 atom stereocenters. The lowest BCUT2D eigenvalue weighted by Crippen LogP contribution is -1.92. The van der Waals surface area contributed by atoms with Gasteiger partial charge in [0.05, 0.1) is 0 Å². The van der Waals surface area contributed by atoms with Crippen LogP contribution in [0.3, 0.4) is 0 Å². The van der Waals surface area contributed by atoms with Crippen LogP contribution in [0, 0.1) is 0 Å². The third-order valence-corrected chi connectivity index (χ3v) is 4.97. The fourth-order valence-corrected chi connectivity index (χ4v) is 3.51. The van der Waals surface area contributed by atoms with Gasteiger partial charge in [0.15, 0.2) is 0 Å². The van der Waals surface area contributed by atoms with Gasteiger partial charge in [-0.1, -0.05) is 61.2 Å². The number of rotatable bonds is 4. The zero-order valence-electron chi connectivity index (χ0n) is 15.3. The van der Waals surface area contributed by atoms with Crippen molar-refractivity contribution in [1.29, 1.82) is 0 Å². The minimum Gasteiger partial charge on any atom is -0.340 e. The van der Waals surface area contributed by atoms with E-state index >= 15 is 0 Å². The van der Waals surface area contributed by atoms with Gasteiger partial charge in [0, 0.05) is 22.0 Å². The number of nitrogens with one attached hydrogen (secondary N) is 2. The maximum Gasteiger partial charge on any atom is 0.140 e. The highest BCUT2D eigenvalue weighted by Crippen LogP contribution is 2.30. The molecule has 2 N–H and O–H groups in total. The molecule has 3 heteroatoms. The van der Waals surface area contributed by atoms with Gasteiger partial charge in [-0.3, -0.25) is 0 Å². The van der Waals surface area contributed by atoms with Crippen LogP contribution in [0.1, 0.15) is 11.1 Å². The number of H-pyrrole nitrogens is 1. The van der Waals surface area contributed by atoms with Crippen molar-refractivity contribution in [1.82, 2.24) is 9.97 Å². The third-order valence-electron chi connectivity index (χ3n) is 4.97. The fourth-order valence-electron chi connectivity index (χ4n) is 3.51. The van der Waals surface area contributed by atoms with E-state index in [4.69, 9.17) is 4.98 Å². The highest BCUT2D eigenvalue weighted by molar-refractivity contribution is 6.07. The minimum atomic E-state index is 0.819. The number of benzene rings is 3. The Hall–Kier alpha value is -3.85. The molecule has 0 aliphatic heterocycles. The van der Waals surface area contributed by atoms with E-state index in [1.165, 1.54) is 0 Å². The Morgan fingerprint density at radius 2 is 1.50 bits per heavy atom. The molecule has 0 spiro atoms. The molecule has 0 unspecified atom stereocenters. The van der Waals surface area contributed by atoms with Crippen LogP contribution in [-0.4, -0.2) is 9.97 Å². The zero-order chi connectivity index (χ0) is 18.9. The number of pyridine rings is 1. The molecule has 134 valence electrons. The molecule has 2 heterocycles. The molecule has 0 radical (unpaired) electrons. The van der Waals surface area contributed by atoms with E-state index in [1.54, 1.807) is 0 Å². The molecule has 5 rings (SSSR count). The summed E-state index contributed by atoms with van der Waals surface area (Å²) in [5, 5.41) is 5.61. The molecule has 0 saturated carbocycles. The van der Waals surface area contributed by atoms with Crippen LogP contribution < -0.4 is 5.32 Å². The predicted octanol–water partition coefficient (Wildman–Crippen LogP) is 6.52. The van der Waals surface area contributed by atoms with Crippen molar-refractivity contribution in [3.8, 4) is 0 Å². The summed E-state index contributed by atoms with van der Waals surface area (Å²) in [5.74, 6) is 0.819. The lowest BCUT2D eigenvalue weighted by Gasteiger charge is -2.06. The lowest BCUT2D eigenvalue weighted by molar-refractivity contribution is 1.33. The van der Waals surface area contributed by atoms with Crippen LogP contribution >= 0.6 is 0 Å². The summed E-state index contributed by atoms with van der Waals surface area (Å²) in [5.41, 5.74) is 6.24. The van der Waals surface area contributed by atoms with E-state index in [0.717, 1.165) is 50.1 Å². The van der Waals surface area contributed by atoms with Gasteiger partial charge in [-0.25, -0.2) is 4.98 Å². The van der Waals surface area contributed by atoms with Crippen LogP contribution in [0.25, 0.3) is 27.5 Å². The molecule has 0 bridgehead atoms. The molecule has 3 aromatic carbocycles. The second-order valence-electron chi connectivity index (χ2n) is 6.81. The van der Waals surface area contributed by atoms with Gasteiger partial charge in [0.25, 0.3) is 0 Å². The summed E-state index contributed by atoms with van der Waals surface area (Å²) >= 11 is 0. The predicted molar refractivity (Wildman–Crippen MR) is 118 cm³/mol. The van der Waals surface area contributed by atoms with Crippen LogP contribution in [-0.2, 0) is 0 Å². The molecule has 0 aliphatic carbocycles. The average Bonchev–Trinajstić information content (AvgIpc) is 3.11. The van der Waals surface area contributed by atoms with Gasteiger partial charge in [-0.15, -0.1) is 0 Å². The van der Waals surface area contributed by atoms with Crippen molar-refractivity contribution in [2.75, 3.05) is 5.32 Å². The number of fused-ring (bicyclic) bond motifs is 3. The monoisotopic (exact) mass is 361 g/mol. The highest BCUT2D eigenvalue weighted by atomic mass is 15.0. The molecule has 0 saturated heterocycles. The van der Waals surface area contributed by atoms with E-state index < -0.39 is 0 Å². The van der Waals surface area contributed by atoms with E-state index in [2.05, 4.69) is 53.3 Å². The molecule has 5 aromatic rings. The Bertz CT molecular complexity index is 1290. The van der Waals surface area contributed by atoms with Crippen molar-refractivity contribution in [2.45, 2.75) is 0 Å². The summed E-state index contributed by atoms with van der Waals surface area (Å²) < 4.78 is 0. The van der Waals surface area contributed by atoms with Crippen molar-refractivity contribution >= 4 is 39.0 Å². The summed E-state index contributed by atoms with van der Waals surface area (Å²) in [7, 11) is 0. The number of aromatic amines is 1. The number of nitrogens with zero attached hydrogens (tertiary/aromatic N) is 1. The molecule has 0 fully saturated rings. The average molecular weight is 361 g/mol. The Morgan fingerprint density at radius 3 is 2.29 bits per heavy atom. The summed E-state index contributed by atoms with van der Waals surface area (Å²) in [4.78, 5) is 8.18. The van der Waals surface area contributed by atoms with Gasteiger partial charge in [-0.05, 0) is 53.1 Å². The van der Waals surface area contributed by atoms with Gasteiger partial charge in [0.1, 0.15) is 11.5 Å². The van der Waals surface area contributed by atoms with Gasteiger partial charge >= 0.3 is 0 Å². The van der Waals surface area contributed by atoms with E-state index in [9.17, 15) is 0 Å². The van der Waals surface area contributed by atoms with E-state index in [0.29, 0.717) is 0 Å². The van der Waals surface area contributed by atoms with Crippen molar-refractivity contribution < 1.29 is 0 Å². The van der Waals surface area contributed by atoms with Crippen molar-refractivity contribution in [3.05, 3.63) is 109 Å². The Balaban J connectivity index is 1.54. The standard InChI is InChI=1S/C25H19N3/c1-17(18-8-4-2-5-9-18)19-12-14-23-22(16-19)21-13-15-24(28-25(21)27-23)26-20-10-6-3-7-11-20/h2-16H,1H2,(H2,26,27,28). The Kier molecular flexibility index (Phi) is 3.91. The van der Waals surface area contributed by atoms with Crippen LogP contribution in [0.5, 0.6) is 0 Å². The maximum atomic E-state index is 4.75. The lowest BCUT2D eigenvalue weighted by atomic mass is 9.98. The first-order valence-electron chi connectivity index (χ1n) is 9.27. The zero-order valence-corrected chi connectivity index (χ0v) is 15.3. The quantitative estimate of drug-likeness (QED) is 0.382. The fraction of sp³-hybridized carbons (Fsp3) is 0. The SMILES string of the molecule is C=C(c1ccccc1)c1ccc2[nH]c3nc(Nc4ccccc4)ccc3c2c1. The number of aromatic nitrogens is 2. The topological polar surface area (TPSA) is 40.7 Å². The van der Waals surface area contributed by atoms with Crippen LogP contribution in [0.2, 0.25) is 0 Å². The summed E-state index contributed by atoms with van der Waals surface area (Å²) in [6.07, 6.45) is 0. The maximum absolute atomic E-state index is 4.75. The van der Waals surface area contributed by atoms with Gasteiger partial charge in [0.2, 0.25) is 0 Å². The van der Waals surface area contributed by atoms with Crippen LogP contribution in [0.4, 0.5) is 11.5 Å². The normalized spacial score (nSPS) is 11.0. The highest BCUT2D eigenvalue weighted by Gasteiger charge is 2.09. The number of anilines is 2. The first-order chi connectivity index (χ1) is 13.8. The molecule has 0 amide bonds. The largest absolute Gasteiger partial charge is 0.340 e.